The number of ether oxygens (including phenoxy) is 2. The van der Waals surface area contributed by atoms with Crippen molar-refractivity contribution in [1.82, 2.24) is 4.90 Å². The zero-order chi connectivity index (χ0) is 21.4. The van der Waals surface area contributed by atoms with Crippen LogP contribution in [0.3, 0.4) is 0 Å². The lowest BCUT2D eigenvalue weighted by atomic mass is 10.0. The Morgan fingerprint density at radius 3 is 2.07 bits per heavy atom. The Morgan fingerprint density at radius 1 is 1.00 bits per heavy atom. The molecule has 28 heavy (non-hydrogen) atoms. The molecule has 0 saturated heterocycles. The lowest BCUT2D eigenvalue weighted by molar-refractivity contribution is -0.165. The van der Waals surface area contributed by atoms with Crippen LogP contribution in [0.25, 0.3) is 0 Å². The third kappa shape index (κ3) is 9.85. The van der Waals surface area contributed by atoms with E-state index in [4.69, 9.17) is 9.47 Å². The molecule has 0 aliphatic heterocycles. The largest absolute Gasteiger partial charge is 0.459 e. The highest BCUT2D eigenvalue weighted by molar-refractivity contribution is 5.78. The highest BCUT2D eigenvalue weighted by Crippen LogP contribution is 2.17. The van der Waals surface area contributed by atoms with Crippen LogP contribution in [0.15, 0.2) is 30.3 Å². The van der Waals surface area contributed by atoms with Crippen molar-refractivity contribution in [1.29, 1.82) is 0 Å². The van der Waals surface area contributed by atoms with E-state index < -0.39 is 29.2 Å². The summed E-state index contributed by atoms with van der Waals surface area (Å²) in [5.41, 5.74) is -0.163. The monoisotopic (exact) mass is 393 g/mol. The molecule has 158 valence electrons. The van der Waals surface area contributed by atoms with Gasteiger partial charge in [0.25, 0.3) is 0 Å². The molecular formula is C22H35NO5. The molecule has 1 rings (SSSR count). The van der Waals surface area contributed by atoms with Gasteiger partial charge in [0.1, 0.15) is 17.2 Å². The molecule has 0 bridgehead atoms. The van der Waals surface area contributed by atoms with E-state index in [1.165, 1.54) is 0 Å². The molecule has 0 amide bonds. The minimum absolute atomic E-state index is 0.0868. The van der Waals surface area contributed by atoms with Gasteiger partial charge < -0.3 is 14.6 Å². The van der Waals surface area contributed by atoms with Gasteiger partial charge in [-0.1, -0.05) is 30.3 Å². The summed E-state index contributed by atoms with van der Waals surface area (Å²) in [7, 11) is 0. The number of nitrogens with zero attached hydrogens (tertiary/aromatic N) is 1. The normalized spacial score (nSPS) is 13.3. The molecule has 0 spiro atoms. The Hall–Kier alpha value is -1.92. The van der Waals surface area contributed by atoms with E-state index in [0.717, 1.165) is 5.56 Å². The fourth-order valence-electron chi connectivity index (χ4n) is 2.78. The predicted octanol–water partition coefficient (Wildman–Crippen LogP) is 2.97. The third-order valence-corrected chi connectivity index (χ3v) is 3.81. The molecule has 0 fully saturated rings. The number of carbonyl (C=O) groups is 2. The number of aliphatic hydroxyl groups is 1. The second kappa shape index (κ2) is 10.6. The van der Waals surface area contributed by atoms with Gasteiger partial charge >= 0.3 is 11.9 Å². The second-order valence-corrected chi connectivity index (χ2v) is 8.85. The SMILES string of the molecule is CC(C)(C)OC(=O)CN(CCO)[C@@H](CCc1ccccc1)C(=O)OC(C)(C)C. The topological polar surface area (TPSA) is 76.1 Å². The zero-order valence-corrected chi connectivity index (χ0v) is 18.0. The molecule has 0 unspecified atom stereocenters. The summed E-state index contributed by atoms with van der Waals surface area (Å²) in [4.78, 5) is 26.8. The number of aliphatic hydroxyl groups excluding tert-OH is 1. The molecule has 6 heteroatoms. The van der Waals surface area contributed by atoms with Crippen LogP contribution in [0.1, 0.15) is 53.5 Å². The van der Waals surface area contributed by atoms with Gasteiger partial charge in [0, 0.05) is 6.54 Å². The van der Waals surface area contributed by atoms with Gasteiger partial charge in [0.05, 0.1) is 13.2 Å². The summed E-state index contributed by atoms with van der Waals surface area (Å²) in [6.07, 6.45) is 1.13. The molecule has 1 N–H and O–H groups in total. The number of carbonyl (C=O) groups excluding carboxylic acids is 2. The average Bonchev–Trinajstić information content (AvgIpc) is 2.52. The van der Waals surface area contributed by atoms with Crippen LogP contribution >= 0.6 is 0 Å². The fourth-order valence-corrected chi connectivity index (χ4v) is 2.78. The van der Waals surface area contributed by atoms with Crippen molar-refractivity contribution in [3.8, 4) is 0 Å². The molecule has 0 aromatic heterocycles. The Bertz CT molecular complexity index is 616. The van der Waals surface area contributed by atoms with Crippen LogP contribution in [0, 0.1) is 0 Å². The molecule has 6 nitrogen and oxygen atoms in total. The predicted molar refractivity (Wildman–Crippen MR) is 109 cm³/mol. The summed E-state index contributed by atoms with van der Waals surface area (Å²) < 4.78 is 11.0. The number of aryl methyl sites for hydroxylation is 1. The fraction of sp³-hybridized carbons (Fsp3) is 0.636. The number of hydrogen-bond acceptors (Lipinski definition) is 6. The summed E-state index contributed by atoms with van der Waals surface area (Å²) in [5, 5.41) is 9.48. The van der Waals surface area contributed by atoms with E-state index in [1.807, 2.05) is 51.1 Å². The van der Waals surface area contributed by atoms with Crippen molar-refractivity contribution >= 4 is 11.9 Å². The summed E-state index contributed by atoms with van der Waals surface area (Å²) >= 11 is 0. The van der Waals surface area contributed by atoms with E-state index in [9.17, 15) is 14.7 Å². The van der Waals surface area contributed by atoms with Crippen LogP contribution in [-0.2, 0) is 25.5 Å². The maximum absolute atomic E-state index is 12.9. The van der Waals surface area contributed by atoms with Crippen molar-refractivity contribution in [2.75, 3.05) is 19.7 Å². The van der Waals surface area contributed by atoms with Crippen molar-refractivity contribution in [3.63, 3.8) is 0 Å². The minimum Gasteiger partial charge on any atom is -0.459 e. The smallest absolute Gasteiger partial charge is 0.323 e. The molecular weight excluding hydrogens is 358 g/mol. The number of rotatable bonds is 9. The van der Waals surface area contributed by atoms with Gasteiger partial charge in [-0.25, -0.2) is 0 Å². The Kier molecular flexibility index (Phi) is 9.11. The lowest BCUT2D eigenvalue weighted by Crippen LogP contribution is -2.48. The Morgan fingerprint density at radius 2 is 1.57 bits per heavy atom. The van der Waals surface area contributed by atoms with E-state index in [1.54, 1.807) is 25.7 Å². The Balaban J connectivity index is 2.98. The summed E-state index contributed by atoms with van der Waals surface area (Å²) in [6, 6.07) is 9.18. The second-order valence-electron chi connectivity index (χ2n) is 8.85. The molecule has 1 aromatic carbocycles. The molecule has 0 aliphatic rings. The average molecular weight is 394 g/mol. The van der Waals surface area contributed by atoms with Crippen molar-refractivity contribution in [2.24, 2.45) is 0 Å². The quantitative estimate of drug-likeness (QED) is 0.650. The van der Waals surface area contributed by atoms with Crippen LogP contribution in [0.5, 0.6) is 0 Å². The van der Waals surface area contributed by atoms with E-state index in [0.29, 0.717) is 12.8 Å². The Labute approximate surface area is 168 Å². The third-order valence-electron chi connectivity index (χ3n) is 3.81. The van der Waals surface area contributed by atoms with Crippen molar-refractivity contribution in [3.05, 3.63) is 35.9 Å². The van der Waals surface area contributed by atoms with Gasteiger partial charge in [-0.2, -0.15) is 0 Å². The molecule has 0 saturated carbocycles. The molecule has 0 aliphatic carbocycles. The lowest BCUT2D eigenvalue weighted by Gasteiger charge is -2.32. The highest BCUT2D eigenvalue weighted by Gasteiger charge is 2.32. The molecule has 0 heterocycles. The number of esters is 2. The summed E-state index contributed by atoms with van der Waals surface area (Å²) in [5.74, 6) is -0.838. The number of hydrogen-bond donors (Lipinski definition) is 1. The van der Waals surface area contributed by atoms with Crippen LogP contribution in [0.2, 0.25) is 0 Å². The zero-order valence-electron chi connectivity index (χ0n) is 18.0. The first kappa shape index (κ1) is 24.1. The van der Waals surface area contributed by atoms with Gasteiger partial charge in [-0.3, -0.25) is 14.5 Å². The maximum Gasteiger partial charge on any atom is 0.323 e. The van der Waals surface area contributed by atoms with Crippen LogP contribution < -0.4 is 0 Å². The van der Waals surface area contributed by atoms with Crippen LogP contribution in [-0.4, -0.2) is 58.9 Å². The van der Waals surface area contributed by atoms with E-state index in [-0.39, 0.29) is 19.7 Å². The van der Waals surface area contributed by atoms with Crippen molar-refractivity contribution < 1.29 is 24.2 Å². The first-order valence-electron chi connectivity index (χ1n) is 9.75. The van der Waals surface area contributed by atoms with Gasteiger partial charge in [0.15, 0.2) is 0 Å². The standard InChI is InChI=1S/C22H35NO5/c1-21(2,3)27-19(25)16-23(14-15-24)18(20(26)28-22(4,5)6)13-12-17-10-8-7-9-11-17/h7-11,18,24H,12-16H2,1-6H3/t18-/m0/s1. The number of benzene rings is 1. The van der Waals surface area contributed by atoms with Crippen molar-refractivity contribution in [2.45, 2.75) is 71.6 Å². The highest BCUT2D eigenvalue weighted by atomic mass is 16.6. The minimum atomic E-state index is -0.654. The molecule has 1 atom stereocenters. The van der Waals surface area contributed by atoms with Crippen LogP contribution in [0.4, 0.5) is 0 Å². The van der Waals surface area contributed by atoms with Gasteiger partial charge in [-0.05, 0) is 59.9 Å². The van der Waals surface area contributed by atoms with Gasteiger partial charge in [0.2, 0.25) is 0 Å². The first-order valence-corrected chi connectivity index (χ1v) is 9.75. The van der Waals surface area contributed by atoms with E-state index in [2.05, 4.69) is 0 Å². The van der Waals surface area contributed by atoms with Gasteiger partial charge in [-0.15, -0.1) is 0 Å². The molecule has 1 aromatic rings. The summed E-state index contributed by atoms with van der Waals surface area (Å²) in [6.45, 7) is 10.7. The first-order chi connectivity index (χ1) is 12.9. The molecule has 0 radical (unpaired) electrons. The maximum atomic E-state index is 12.9. The van der Waals surface area contributed by atoms with E-state index >= 15 is 0 Å².